The molecule has 0 aromatic heterocycles. The van der Waals surface area contributed by atoms with Crippen molar-refractivity contribution in [3.8, 4) is 5.75 Å². The smallest absolute Gasteiger partial charge is 0.145 e. The number of allylic oxidation sites excluding steroid dienone is 2. The van der Waals surface area contributed by atoms with Crippen molar-refractivity contribution < 1.29 is 9.13 Å². The lowest BCUT2D eigenvalue weighted by atomic mass is 9.97. The van der Waals surface area contributed by atoms with Crippen LogP contribution in [-0.4, -0.2) is 6.10 Å². The molecule has 0 spiro atoms. The fourth-order valence-corrected chi connectivity index (χ4v) is 1.87. The second kappa shape index (κ2) is 3.09. The zero-order valence-electron chi connectivity index (χ0n) is 7.98. The van der Waals surface area contributed by atoms with E-state index in [0.29, 0.717) is 16.9 Å². The molecule has 1 atom stereocenters. The molecule has 1 aliphatic carbocycles. The lowest BCUT2D eigenvalue weighted by Gasteiger charge is -2.26. The monoisotopic (exact) mass is 200 g/mol. The Balaban J connectivity index is 2.21. The first-order valence-corrected chi connectivity index (χ1v) is 4.87. The second-order valence-corrected chi connectivity index (χ2v) is 3.55. The molecule has 0 fully saturated rings. The van der Waals surface area contributed by atoms with E-state index in [0.717, 1.165) is 0 Å². The molecule has 2 heteroatoms. The van der Waals surface area contributed by atoms with E-state index in [4.69, 9.17) is 4.74 Å². The molecule has 1 nitrogen and oxygen atoms in total. The van der Waals surface area contributed by atoms with Crippen LogP contribution in [0.5, 0.6) is 5.75 Å². The van der Waals surface area contributed by atoms with E-state index < -0.39 is 0 Å². The number of hydrogen-bond donors (Lipinski definition) is 0. The van der Waals surface area contributed by atoms with Crippen molar-refractivity contribution in [1.29, 1.82) is 0 Å². The van der Waals surface area contributed by atoms with Crippen molar-refractivity contribution >= 4 is 5.83 Å². The minimum absolute atomic E-state index is 0.178. The number of halogens is 1. The van der Waals surface area contributed by atoms with Gasteiger partial charge in [0.05, 0.1) is 5.56 Å². The molecule has 1 heterocycles. The van der Waals surface area contributed by atoms with Crippen LogP contribution in [0.25, 0.3) is 5.83 Å². The number of hydrogen-bond acceptors (Lipinski definition) is 1. The number of para-hydroxylation sites is 1. The summed E-state index contributed by atoms with van der Waals surface area (Å²) in [6, 6.07) is 7.18. The van der Waals surface area contributed by atoms with Crippen LogP contribution < -0.4 is 4.74 Å². The Labute approximate surface area is 87.2 Å². The number of ether oxygens (including phenoxy) is 1. The molecule has 0 N–H and O–H groups in total. The third kappa shape index (κ3) is 1.22. The first kappa shape index (κ1) is 8.48. The van der Waals surface area contributed by atoms with Gasteiger partial charge in [0, 0.05) is 5.57 Å². The average Bonchev–Trinajstić information content (AvgIpc) is 2.30. The first-order chi connectivity index (χ1) is 7.36. The van der Waals surface area contributed by atoms with Gasteiger partial charge in [-0.05, 0) is 18.2 Å². The van der Waals surface area contributed by atoms with E-state index in [9.17, 15) is 4.39 Å². The van der Waals surface area contributed by atoms with Gasteiger partial charge >= 0.3 is 0 Å². The Morgan fingerprint density at radius 2 is 2.00 bits per heavy atom. The molecule has 2 aliphatic rings. The van der Waals surface area contributed by atoms with Crippen molar-refractivity contribution in [2.45, 2.75) is 6.10 Å². The summed E-state index contributed by atoms with van der Waals surface area (Å²) in [7, 11) is 0. The summed E-state index contributed by atoms with van der Waals surface area (Å²) < 4.78 is 19.7. The second-order valence-electron chi connectivity index (χ2n) is 3.55. The molecular formula is C13H9FO. The Kier molecular flexibility index (Phi) is 1.75. The largest absolute Gasteiger partial charge is 0.481 e. The van der Waals surface area contributed by atoms with Crippen molar-refractivity contribution in [3.63, 3.8) is 0 Å². The lowest BCUT2D eigenvalue weighted by molar-refractivity contribution is 0.278. The summed E-state index contributed by atoms with van der Waals surface area (Å²) in [4.78, 5) is 0. The molecule has 1 aliphatic heterocycles. The van der Waals surface area contributed by atoms with Crippen molar-refractivity contribution in [1.82, 2.24) is 0 Å². The van der Waals surface area contributed by atoms with Gasteiger partial charge in [-0.2, -0.15) is 0 Å². The molecule has 3 rings (SSSR count). The molecule has 0 saturated carbocycles. The van der Waals surface area contributed by atoms with E-state index in [1.54, 1.807) is 18.2 Å². The normalized spacial score (nSPS) is 22.1. The molecule has 1 aromatic rings. The summed E-state index contributed by atoms with van der Waals surface area (Å²) in [5.74, 6) is 0.436. The average molecular weight is 200 g/mol. The van der Waals surface area contributed by atoms with Gasteiger partial charge in [0.2, 0.25) is 0 Å². The zero-order valence-corrected chi connectivity index (χ0v) is 7.98. The van der Waals surface area contributed by atoms with Gasteiger partial charge in [-0.1, -0.05) is 30.4 Å². The molecule has 0 bridgehead atoms. The Morgan fingerprint density at radius 1 is 1.13 bits per heavy atom. The summed E-state index contributed by atoms with van der Waals surface area (Å²) in [5.41, 5.74) is 1.15. The topological polar surface area (TPSA) is 9.23 Å². The quantitative estimate of drug-likeness (QED) is 0.624. The maximum Gasteiger partial charge on any atom is 0.145 e. The van der Waals surface area contributed by atoms with Crippen LogP contribution in [0, 0.1) is 0 Å². The van der Waals surface area contributed by atoms with Crippen LogP contribution in [0.2, 0.25) is 0 Å². The lowest BCUT2D eigenvalue weighted by Crippen LogP contribution is -2.22. The summed E-state index contributed by atoms with van der Waals surface area (Å²) in [6.45, 7) is 0. The molecule has 0 saturated heterocycles. The molecular weight excluding hydrogens is 191 g/mol. The van der Waals surface area contributed by atoms with Crippen molar-refractivity contribution in [2.75, 3.05) is 0 Å². The third-order valence-corrected chi connectivity index (χ3v) is 2.61. The predicted octanol–water partition coefficient (Wildman–Crippen LogP) is 3.25. The summed E-state index contributed by atoms with van der Waals surface area (Å²) >= 11 is 0. The minimum Gasteiger partial charge on any atom is -0.481 e. The van der Waals surface area contributed by atoms with Crippen LogP contribution in [0.4, 0.5) is 4.39 Å². The highest BCUT2D eigenvalue weighted by Gasteiger charge is 2.26. The zero-order chi connectivity index (χ0) is 10.3. The SMILES string of the molecule is FC1=C2C=CC=CC2Oc2ccccc21. The molecule has 1 unspecified atom stereocenters. The molecule has 0 amide bonds. The van der Waals surface area contributed by atoms with Gasteiger partial charge in [-0.3, -0.25) is 0 Å². The fourth-order valence-electron chi connectivity index (χ4n) is 1.87. The van der Waals surface area contributed by atoms with Crippen LogP contribution in [0.3, 0.4) is 0 Å². The van der Waals surface area contributed by atoms with E-state index >= 15 is 0 Å². The Hall–Kier alpha value is -1.83. The van der Waals surface area contributed by atoms with E-state index in [-0.39, 0.29) is 11.9 Å². The van der Waals surface area contributed by atoms with Crippen molar-refractivity contribution in [2.24, 2.45) is 0 Å². The predicted molar refractivity (Wildman–Crippen MR) is 57.2 cm³/mol. The highest BCUT2D eigenvalue weighted by Crippen LogP contribution is 2.38. The van der Waals surface area contributed by atoms with Gasteiger partial charge in [0.15, 0.2) is 0 Å². The van der Waals surface area contributed by atoms with Gasteiger partial charge in [0.25, 0.3) is 0 Å². The van der Waals surface area contributed by atoms with E-state index in [2.05, 4.69) is 0 Å². The van der Waals surface area contributed by atoms with Crippen LogP contribution >= 0.6 is 0 Å². The van der Waals surface area contributed by atoms with Crippen molar-refractivity contribution in [3.05, 3.63) is 59.7 Å². The number of benzene rings is 1. The molecule has 74 valence electrons. The Bertz CT molecular complexity index is 497. The van der Waals surface area contributed by atoms with E-state index in [1.807, 2.05) is 30.4 Å². The van der Waals surface area contributed by atoms with Gasteiger partial charge in [-0.25, -0.2) is 4.39 Å². The van der Waals surface area contributed by atoms with Crippen LogP contribution in [0.15, 0.2) is 54.1 Å². The first-order valence-electron chi connectivity index (χ1n) is 4.87. The molecule has 0 radical (unpaired) electrons. The maximum atomic E-state index is 14.0. The molecule has 15 heavy (non-hydrogen) atoms. The summed E-state index contributed by atoms with van der Waals surface area (Å²) in [6.07, 6.45) is 7.03. The van der Waals surface area contributed by atoms with Crippen LogP contribution in [0.1, 0.15) is 5.56 Å². The standard InChI is InChI=1S/C13H9FO/c14-13-9-5-1-3-7-11(9)15-12-8-4-2-6-10(12)13/h1-8,11H. The summed E-state index contributed by atoms with van der Waals surface area (Å²) in [5, 5.41) is 0. The van der Waals surface area contributed by atoms with Crippen LogP contribution in [-0.2, 0) is 0 Å². The maximum absolute atomic E-state index is 14.0. The van der Waals surface area contributed by atoms with Gasteiger partial charge in [-0.15, -0.1) is 0 Å². The van der Waals surface area contributed by atoms with E-state index in [1.165, 1.54) is 0 Å². The highest BCUT2D eigenvalue weighted by atomic mass is 19.1. The fraction of sp³-hybridized carbons (Fsp3) is 0.0769. The molecule has 1 aromatic carbocycles. The number of rotatable bonds is 0. The van der Waals surface area contributed by atoms with Gasteiger partial charge < -0.3 is 4.74 Å². The van der Waals surface area contributed by atoms with Gasteiger partial charge in [0.1, 0.15) is 17.7 Å². The Morgan fingerprint density at radius 3 is 2.93 bits per heavy atom. The minimum atomic E-state index is -0.273. The third-order valence-electron chi connectivity index (χ3n) is 2.61. The highest BCUT2D eigenvalue weighted by molar-refractivity contribution is 5.73. The number of fused-ring (bicyclic) bond motifs is 2.